The molecule has 0 aromatic rings. The summed E-state index contributed by atoms with van der Waals surface area (Å²) in [6, 6.07) is 0. The first kappa shape index (κ1) is 15.9. The maximum Gasteiger partial charge on any atom is 0.233 e. The van der Waals surface area contributed by atoms with Crippen molar-refractivity contribution in [1.29, 1.82) is 0 Å². The molecular weight excluding hydrogens is 242 g/mol. The number of ketones is 1. The lowest BCUT2D eigenvalue weighted by Crippen LogP contribution is -2.58. The Bertz CT molecular complexity index is 421. The largest absolute Gasteiger partial charge is 0.299 e. The zero-order valence-corrected chi connectivity index (χ0v) is 13.0. The third-order valence-electron chi connectivity index (χ3n) is 4.95. The molecule has 1 fully saturated rings. The summed E-state index contributed by atoms with van der Waals surface area (Å²) in [7, 11) is 0. The van der Waals surface area contributed by atoms with Gasteiger partial charge in [0, 0.05) is 17.8 Å². The van der Waals surface area contributed by atoms with E-state index < -0.39 is 11.0 Å². The monoisotopic (exact) mass is 267 g/mol. The molecule has 0 N–H and O–H groups in total. The summed E-state index contributed by atoms with van der Waals surface area (Å²) < 4.78 is 0. The van der Waals surface area contributed by atoms with Crippen LogP contribution in [0.5, 0.6) is 0 Å². The van der Waals surface area contributed by atoms with Crippen LogP contribution in [-0.2, 0) is 14.4 Å². The fourth-order valence-corrected chi connectivity index (χ4v) is 2.47. The summed E-state index contributed by atoms with van der Waals surface area (Å²) in [5.74, 6) is -0.444. The highest BCUT2D eigenvalue weighted by molar-refractivity contribution is 6.05. The van der Waals surface area contributed by atoms with E-state index in [1.54, 1.807) is 27.7 Å². The average Bonchev–Trinajstić information content (AvgIpc) is 2.53. The topological polar surface area (TPSA) is 54.5 Å². The molecule has 1 rings (SSSR count). The van der Waals surface area contributed by atoms with Crippen LogP contribution in [0.2, 0.25) is 0 Å². The first-order chi connectivity index (χ1) is 8.44. The molecule has 4 nitrogen and oxygen atoms in total. The molecule has 0 spiro atoms. The normalized spacial score (nSPS) is 21.5. The predicted molar refractivity (Wildman–Crippen MR) is 73.3 cm³/mol. The molecule has 19 heavy (non-hydrogen) atoms. The molecule has 1 atom stereocenters. The van der Waals surface area contributed by atoms with E-state index in [0.29, 0.717) is 0 Å². The van der Waals surface area contributed by atoms with Crippen LogP contribution in [0.1, 0.15) is 54.9 Å². The number of Topliss-reactive ketones (excluding diaryl/α,β-unsaturated/α-hetero) is 1. The van der Waals surface area contributed by atoms with Gasteiger partial charge in [0.2, 0.25) is 11.8 Å². The van der Waals surface area contributed by atoms with Crippen LogP contribution in [0.3, 0.4) is 0 Å². The number of imide groups is 1. The molecule has 4 heteroatoms. The van der Waals surface area contributed by atoms with Gasteiger partial charge in [-0.25, -0.2) is 0 Å². The second-order valence-electron chi connectivity index (χ2n) is 6.86. The number of amides is 2. The van der Waals surface area contributed by atoms with E-state index in [2.05, 4.69) is 0 Å². The van der Waals surface area contributed by atoms with Gasteiger partial charge in [-0.3, -0.25) is 19.3 Å². The highest BCUT2D eigenvalue weighted by atomic mass is 16.2. The van der Waals surface area contributed by atoms with Gasteiger partial charge >= 0.3 is 0 Å². The predicted octanol–water partition coefficient (Wildman–Crippen LogP) is 2.41. The maximum atomic E-state index is 12.5. The Hall–Kier alpha value is -1.19. The Balaban J connectivity index is 3.19. The van der Waals surface area contributed by atoms with E-state index in [4.69, 9.17) is 0 Å². The van der Waals surface area contributed by atoms with Crippen LogP contribution < -0.4 is 0 Å². The van der Waals surface area contributed by atoms with Crippen LogP contribution in [-0.4, -0.2) is 28.0 Å². The van der Waals surface area contributed by atoms with Crippen LogP contribution in [0.25, 0.3) is 0 Å². The second kappa shape index (κ2) is 4.73. The van der Waals surface area contributed by atoms with Crippen LogP contribution in [0, 0.1) is 17.3 Å². The Morgan fingerprint density at radius 3 is 2.00 bits per heavy atom. The maximum absolute atomic E-state index is 12.5. The van der Waals surface area contributed by atoms with Crippen molar-refractivity contribution in [2.75, 3.05) is 0 Å². The zero-order valence-electron chi connectivity index (χ0n) is 13.0. The lowest BCUT2D eigenvalue weighted by molar-refractivity contribution is -0.153. The van der Waals surface area contributed by atoms with Gasteiger partial charge in [-0.1, -0.05) is 27.7 Å². The zero-order chi connectivity index (χ0) is 15.2. The molecule has 0 saturated carbocycles. The molecule has 0 aromatic heterocycles. The van der Waals surface area contributed by atoms with Crippen molar-refractivity contribution in [3.63, 3.8) is 0 Å². The van der Waals surface area contributed by atoms with Crippen molar-refractivity contribution in [3.05, 3.63) is 0 Å². The van der Waals surface area contributed by atoms with Crippen molar-refractivity contribution < 1.29 is 14.4 Å². The van der Waals surface area contributed by atoms with Gasteiger partial charge in [-0.05, 0) is 26.7 Å². The molecule has 0 bridgehead atoms. The van der Waals surface area contributed by atoms with Gasteiger partial charge in [-0.15, -0.1) is 0 Å². The number of nitrogens with zero attached hydrogens (tertiary/aromatic N) is 1. The second-order valence-corrected chi connectivity index (χ2v) is 6.86. The fraction of sp³-hybridized carbons (Fsp3) is 0.800. The van der Waals surface area contributed by atoms with E-state index in [9.17, 15) is 14.4 Å². The Labute approximate surface area is 115 Å². The molecule has 0 aromatic carbocycles. The number of rotatable bonds is 4. The molecule has 108 valence electrons. The number of carbonyl (C=O) groups excluding carboxylic acids is 3. The third kappa shape index (κ3) is 2.33. The van der Waals surface area contributed by atoms with E-state index >= 15 is 0 Å². The molecule has 0 aliphatic carbocycles. The van der Waals surface area contributed by atoms with Crippen LogP contribution in [0.4, 0.5) is 0 Å². The smallest absolute Gasteiger partial charge is 0.233 e. The number of hydrogen-bond donors (Lipinski definition) is 0. The summed E-state index contributed by atoms with van der Waals surface area (Å²) >= 11 is 0. The summed E-state index contributed by atoms with van der Waals surface area (Å²) in [6.45, 7) is 12.6. The van der Waals surface area contributed by atoms with Crippen molar-refractivity contribution in [2.24, 2.45) is 17.3 Å². The van der Waals surface area contributed by atoms with Crippen molar-refractivity contribution in [3.8, 4) is 0 Å². The minimum absolute atomic E-state index is 0.0221. The van der Waals surface area contributed by atoms with Gasteiger partial charge in [0.05, 0.1) is 5.54 Å². The lowest BCUT2D eigenvalue weighted by atomic mass is 9.70. The van der Waals surface area contributed by atoms with Crippen molar-refractivity contribution >= 4 is 17.6 Å². The third-order valence-corrected chi connectivity index (χ3v) is 4.95. The molecule has 1 saturated heterocycles. The van der Waals surface area contributed by atoms with Crippen LogP contribution >= 0.6 is 0 Å². The van der Waals surface area contributed by atoms with Crippen molar-refractivity contribution in [1.82, 2.24) is 4.90 Å². The van der Waals surface area contributed by atoms with Gasteiger partial charge in [0.25, 0.3) is 0 Å². The number of likely N-dealkylation sites (tertiary alicyclic amines) is 1. The first-order valence-corrected chi connectivity index (χ1v) is 6.82. The Kier molecular flexibility index (Phi) is 3.95. The lowest BCUT2D eigenvalue weighted by Gasteiger charge is -2.45. The van der Waals surface area contributed by atoms with Gasteiger partial charge in [0.15, 0.2) is 0 Å². The SMILES string of the molecule is CC(=O)C(C)(C)C(C)(C)N1C(=O)CC(C(C)C)C1=O. The quantitative estimate of drug-likeness (QED) is 0.735. The van der Waals surface area contributed by atoms with E-state index in [0.717, 1.165) is 0 Å². The molecule has 1 aliphatic heterocycles. The number of hydrogen-bond acceptors (Lipinski definition) is 3. The molecule has 0 radical (unpaired) electrons. The first-order valence-electron chi connectivity index (χ1n) is 6.82. The van der Waals surface area contributed by atoms with Gasteiger partial charge < -0.3 is 0 Å². The fourth-order valence-electron chi connectivity index (χ4n) is 2.47. The number of carbonyl (C=O) groups is 3. The standard InChI is InChI=1S/C15H25NO3/c1-9(2)11-8-12(18)16(13(11)19)15(6,7)14(4,5)10(3)17/h9,11H,8H2,1-7H3. The van der Waals surface area contributed by atoms with E-state index in [1.165, 1.54) is 11.8 Å². The minimum Gasteiger partial charge on any atom is -0.299 e. The van der Waals surface area contributed by atoms with E-state index in [-0.39, 0.29) is 35.9 Å². The highest BCUT2D eigenvalue weighted by Crippen LogP contribution is 2.41. The van der Waals surface area contributed by atoms with E-state index in [1.807, 2.05) is 13.8 Å². The van der Waals surface area contributed by atoms with Gasteiger partial charge in [0.1, 0.15) is 5.78 Å². The minimum atomic E-state index is -0.809. The summed E-state index contributed by atoms with van der Waals surface area (Å²) in [5.41, 5.74) is -1.57. The highest BCUT2D eigenvalue weighted by Gasteiger charge is 2.54. The summed E-state index contributed by atoms with van der Waals surface area (Å²) in [6.07, 6.45) is 0.258. The molecule has 1 aliphatic rings. The summed E-state index contributed by atoms with van der Waals surface area (Å²) in [5, 5.41) is 0. The van der Waals surface area contributed by atoms with Crippen LogP contribution in [0.15, 0.2) is 0 Å². The molecule has 2 amide bonds. The average molecular weight is 267 g/mol. The molecular formula is C15H25NO3. The molecule has 1 unspecified atom stereocenters. The molecule has 1 heterocycles. The van der Waals surface area contributed by atoms with Crippen molar-refractivity contribution in [2.45, 2.75) is 60.4 Å². The van der Waals surface area contributed by atoms with Gasteiger partial charge in [-0.2, -0.15) is 0 Å². The Morgan fingerprint density at radius 2 is 1.68 bits per heavy atom. The summed E-state index contributed by atoms with van der Waals surface area (Å²) in [4.78, 5) is 37.8. The Morgan fingerprint density at radius 1 is 1.21 bits per heavy atom.